The van der Waals surface area contributed by atoms with E-state index < -0.39 is 54.7 Å². The summed E-state index contributed by atoms with van der Waals surface area (Å²) in [5.74, 6) is -2.31. The van der Waals surface area contributed by atoms with E-state index in [0.717, 1.165) is 0 Å². The Kier molecular flexibility index (Phi) is 7.86. The molecule has 1 amide bonds. The van der Waals surface area contributed by atoms with Gasteiger partial charge >= 0.3 is 5.97 Å². The lowest BCUT2D eigenvalue weighted by Gasteiger charge is -2.39. The summed E-state index contributed by atoms with van der Waals surface area (Å²) in [6.45, 7) is 2.41. The molecule has 9 heteroatoms. The van der Waals surface area contributed by atoms with E-state index in [2.05, 4.69) is 5.32 Å². The van der Waals surface area contributed by atoms with Crippen LogP contribution in [0.1, 0.15) is 13.8 Å². The van der Waals surface area contributed by atoms with E-state index in [9.17, 15) is 19.8 Å². The molecule has 5 atom stereocenters. The molecule has 0 saturated heterocycles. The van der Waals surface area contributed by atoms with Gasteiger partial charge in [-0.05, 0) is 13.0 Å². The van der Waals surface area contributed by atoms with Crippen LogP contribution in [-0.4, -0.2) is 76.0 Å². The minimum atomic E-state index is -1.64. The number of carbonyl (C=O) groups is 2. The molecule has 0 radical (unpaired) electrons. The van der Waals surface area contributed by atoms with Gasteiger partial charge in [-0.25, -0.2) is 4.79 Å². The summed E-state index contributed by atoms with van der Waals surface area (Å²) >= 11 is 0. The Labute approximate surface area is 139 Å². The number of aliphatic carboxylic acids is 1. The second-order valence-electron chi connectivity index (χ2n) is 5.25. The fraction of sp³-hybridized carbons (Fsp3) is 0.600. The first kappa shape index (κ1) is 20.1. The SMILES string of the molecule is C/C=C/CO[C@H]1C=C(C(=O)O)O[C@@H]([C@H](O)[C@H](O)CO)[C@@H]1NC(C)=O. The molecular weight excluding hydrogens is 322 g/mol. The number of aliphatic hydroxyl groups is 3. The first-order valence-electron chi connectivity index (χ1n) is 7.40. The number of hydrogen-bond acceptors (Lipinski definition) is 7. The van der Waals surface area contributed by atoms with Crippen LogP contribution >= 0.6 is 0 Å². The summed E-state index contributed by atoms with van der Waals surface area (Å²) in [6, 6.07) is -0.952. The average molecular weight is 345 g/mol. The summed E-state index contributed by atoms with van der Waals surface area (Å²) in [7, 11) is 0. The Hall–Kier alpha value is -1.94. The van der Waals surface area contributed by atoms with Crippen LogP contribution in [0.15, 0.2) is 24.0 Å². The van der Waals surface area contributed by atoms with Gasteiger partial charge in [-0.3, -0.25) is 4.79 Å². The lowest BCUT2D eigenvalue weighted by molar-refractivity contribution is -0.151. The molecule has 5 N–H and O–H groups in total. The van der Waals surface area contributed by atoms with Crippen molar-refractivity contribution in [2.24, 2.45) is 0 Å². The highest BCUT2D eigenvalue weighted by atomic mass is 16.5. The molecule has 136 valence electrons. The summed E-state index contributed by atoms with van der Waals surface area (Å²) in [6.07, 6.45) is -0.837. The fourth-order valence-electron chi connectivity index (χ4n) is 2.24. The second kappa shape index (κ2) is 9.38. The van der Waals surface area contributed by atoms with Crippen LogP contribution in [0.5, 0.6) is 0 Å². The van der Waals surface area contributed by atoms with Gasteiger partial charge in [0.1, 0.15) is 18.3 Å². The monoisotopic (exact) mass is 345 g/mol. The van der Waals surface area contributed by atoms with Gasteiger partial charge in [0, 0.05) is 6.92 Å². The number of carboxylic acid groups (broad SMARTS) is 1. The Morgan fingerprint density at radius 3 is 2.62 bits per heavy atom. The van der Waals surface area contributed by atoms with Gasteiger partial charge in [-0.2, -0.15) is 0 Å². The third-order valence-electron chi connectivity index (χ3n) is 3.41. The summed E-state index contributed by atoms with van der Waals surface area (Å²) in [5, 5.41) is 40.4. The van der Waals surface area contributed by atoms with Crippen molar-refractivity contribution in [1.82, 2.24) is 5.32 Å². The first-order valence-corrected chi connectivity index (χ1v) is 7.40. The molecule has 0 saturated carbocycles. The molecule has 9 nitrogen and oxygen atoms in total. The van der Waals surface area contributed by atoms with Gasteiger partial charge < -0.3 is 35.2 Å². The molecule has 0 fully saturated rings. The second-order valence-corrected chi connectivity index (χ2v) is 5.25. The van der Waals surface area contributed by atoms with Gasteiger partial charge in [0.25, 0.3) is 0 Å². The fourth-order valence-corrected chi connectivity index (χ4v) is 2.24. The lowest BCUT2D eigenvalue weighted by atomic mass is 9.93. The van der Waals surface area contributed by atoms with Crippen molar-refractivity contribution < 1.29 is 39.5 Å². The maximum atomic E-state index is 11.4. The van der Waals surface area contributed by atoms with Crippen molar-refractivity contribution in [3.63, 3.8) is 0 Å². The molecule has 0 aromatic rings. The molecule has 0 aromatic carbocycles. The molecule has 1 aliphatic heterocycles. The van der Waals surface area contributed by atoms with Crippen LogP contribution in [-0.2, 0) is 19.1 Å². The smallest absolute Gasteiger partial charge is 0.370 e. The molecule has 24 heavy (non-hydrogen) atoms. The van der Waals surface area contributed by atoms with Gasteiger partial charge in [0.2, 0.25) is 11.7 Å². The number of carbonyl (C=O) groups excluding carboxylic acids is 1. The quantitative estimate of drug-likeness (QED) is 0.335. The first-order chi connectivity index (χ1) is 11.3. The van der Waals surface area contributed by atoms with Crippen LogP contribution in [0.25, 0.3) is 0 Å². The third kappa shape index (κ3) is 5.31. The molecule has 0 spiro atoms. The zero-order valence-corrected chi connectivity index (χ0v) is 13.5. The van der Waals surface area contributed by atoms with E-state index in [1.54, 1.807) is 19.1 Å². The molecule has 0 aliphatic carbocycles. The standard InChI is InChI=1S/C15H23NO8/c1-3-4-5-23-10-6-11(15(21)22)24-14(12(10)16-8(2)18)13(20)9(19)7-17/h3-4,6,9-10,12-14,17,19-20H,5,7H2,1-2H3,(H,16,18)(H,21,22)/b4-3+/t9-,10+,12-,13-,14-/m1/s1. The number of rotatable bonds is 8. The van der Waals surface area contributed by atoms with Crippen molar-refractivity contribution in [3.05, 3.63) is 24.0 Å². The predicted molar refractivity (Wildman–Crippen MR) is 81.8 cm³/mol. The normalized spacial score (nSPS) is 26.4. The topological polar surface area (TPSA) is 146 Å². The van der Waals surface area contributed by atoms with Gasteiger partial charge in [0.15, 0.2) is 6.10 Å². The van der Waals surface area contributed by atoms with Crippen LogP contribution in [0.4, 0.5) is 0 Å². The molecule has 0 bridgehead atoms. The highest BCUT2D eigenvalue weighted by Gasteiger charge is 2.43. The van der Waals surface area contributed by atoms with Crippen molar-refractivity contribution in [2.45, 2.75) is 44.3 Å². The van der Waals surface area contributed by atoms with Gasteiger partial charge in [-0.1, -0.05) is 12.2 Å². The Morgan fingerprint density at radius 1 is 1.46 bits per heavy atom. The zero-order chi connectivity index (χ0) is 18.3. The maximum absolute atomic E-state index is 11.4. The number of amides is 1. The van der Waals surface area contributed by atoms with Gasteiger partial charge in [-0.15, -0.1) is 0 Å². The molecule has 0 aromatic heterocycles. The van der Waals surface area contributed by atoms with Crippen molar-refractivity contribution in [1.29, 1.82) is 0 Å². The molecule has 1 rings (SSSR count). The van der Waals surface area contributed by atoms with E-state index in [-0.39, 0.29) is 6.61 Å². The minimum absolute atomic E-state index is 0.145. The van der Waals surface area contributed by atoms with E-state index in [4.69, 9.17) is 19.7 Å². The number of ether oxygens (including phenoxy) is 2. The van der Waals surface area contributed by atoms with E-state index >= 15 is 0 Å². The van der Waals surface area contributed by atoms with Gasteiger partial charge in [0.05, 0.1) is 19.3 Å². The Bertz CT molecular complexity index is 504. The van der Waals surface area contributed by atoms with Crippen LogP contribution in [0.3, 0.4) is 0 Å². The highest BCUT2D eigenvalue weighted by Crippen LogP contribution is 2.24. The maximum Gasteiger partial charge on any atom is 0.370 e. The molecule has 0 unspecified atom stereocenters. The molecule has 1 aliphatic rings. The zero-order valence-electron chi connectivity index (χ0n) is 13.5. The minimum Gasteiger partial charge on any atom is -0.478 e. The summed E-state index contributed by atoms with van der Waals surface area (Å²) < 4.78 is 10.7. The Balaban J connectivity index is 3.15. The number of aliphatic hydroxyl groups excluding tert-OH is 3. The van der Waals surface area contributed by atoms with Crippen LogP contribution in [0, 0.1) is 0 Å². The molecular formula is C15H23NO8. The highest BCUT2D eigenvalue weighted by molar-refractivity contribution is 5.84. The predicted octanol–water partition coefficient (Wildman–Crippen LogP) is -1.47. The number of allylic oxidation sites excluding steroid dienone is 1. The number of carboxylic acids is 1. The van der Waals surface area contributed by atoms with Crippen molar-refractivity contribution >= 4 is 11.9 Å². The van der Waals surface area contributed by atoms with Crippen molar-refractivity contribution in [3.8, 4) is 0 Å². The number of nitrogens with one attached hydrogen (secondary N) is 1. The van der Waals surface area contributed by atoms with Crippen molar-refractivity contribution in [2.75, 3.05) is 13.2 Å². The molecule has 1 heterocycles. The average Bonchev–Trinajstić information content (AvgIpc) is 2.54. The third-order valence-corrected chi connectivity index (χ3v) is 3.41. The van der Waals surface area contributed by atoms with Crippen LogP contribution < -0.4 is 5.32 Å². The summed E-state index contributed by atoms with van der Waals surface area (Å²) in [5.41, 5.74) is 0. The largest absolute Gasteiger partial charge is 0.478 e. The lowest BCUT2D eigenvalue weighted by Crippen LogP contribution is -2.60. The van der Waals surface area contributed by atoms with Crippen LogP contribution in [0.2, 0.25) is 0 Å². The summed E-state index contributed by atoms with van der Waals surface area (Å²) in [4.78, 5) is 22.7. The number of hydrogen-bond donors (Lipinski definition) is 5. The Morgan fingerprint density at radius 2 is 2.12 bits per heavy atom. The van der Waals surface area contributed by atoms with E-state index in [1.807, 2.05) is 0 Å². The van der Waals surface area contributed by atoms with E-state index in [1.165, 1.54) is 13.0 Å². The van der Waals surface area contributed by atoms with E-state index in [0.29, 0.717) is 0 Å².